The van der Waals surface area contributed by atoms with Crippen LogP contribution >= 0.6 is 0 Å². The van der Waals surface area contributed by atoms with Gasteiger partial charge in [0.1, 0.15) is 30.0 Å². The van der Waals surface area contributed by atoms with Crippen molar-refractivity contribution < 1.29 is 43.2 Å². The Labute approximate surface area is 445 Å². The molecule has 4 aromatic rings. The van der Waals surface area contributed by atoms with E-state index in [4.69, 9.17) is 28.7 Å². The number of carbonyl (C=O) groups excluding carboxylic acids is 9. The zero-order valence-corrected chi connectivity index (χ0v) is 43.2. The maximum Gasteiger partial charge on any atom is 0.243 e. The molecular formula is C52H72N16O9. The van der Waals surface area contributed by atoms with E-state index in [1.54, 1.807) is 36.5 Å². The lowest BCUT2D eigenvalue weighted by molar-refractivity contribution is -0.135. The first kappa shape index (κ1) is 59.2. The lowest BCUT2D eigenvalue weighted by Crippen LogP contribution is -2.58. The van der Waals surface area contributed by atoms with Crippen LogP contribution in [0.15, 0.2) is 83.3 Å². The van der Waals surface area contributed by atoms with Gasteiger partial charge in [0.05, 0.1) is 12.4 Å². The van der Waals surface area contributed by atoms with E-state index in [0.717, 1.165) is 16.5 Å². The third kappa shape index (κ3) is 19.9. The lowest BCUT2D eigenvalue weighted by atomic mass is 9.83. The standard InChI is InChI=1S/C52H72N16O9/c1-30(69)64-39(16-9-20-61-52(56)57)48(75)66-40-18-21-59-45(72)17-7-15-38(46(53)73)65-47(74)33(23-34-27-62-37-14-6-5-13-36(34)37)25-43(70)32(12-8-19-60-51(54)55)24-44(71)41(22-31-10-3-2-4-11-31)67-50(77)42(68-49(40)76)26-35-28-58-29-63-35/h2-6,10-11,13-14,27-29,32-33,38-42,62H,7-9,12,15-26H2,1H3,(H2,53,73)(H,58,63)(H,59,72)(H,64,69)(H,65,74)(H,66,75)(H,67,77)(H,68,76)(H4,54,55,60)(H4,56,57,61)/t32-,33-,38+,39+,40+,41-,42+/m1/s1. The number of aromatic amines is 2. The summed E-state index contributed by atoms with van der Waals surface area (Å²) in [5, 5.41) is 17.1. The number of nitrogens with zero attached hydrogens (tertiary/aromatic N) is 3. The Bertz CT molecular complexity index is 2720. The molecule has 0 spiro atoms. The molecular weight excluding hydrogens is 993 g/mol. The van der Waals surface area contributed by atoms with Gasteiger partial charge in [0.25, 0.3) is 0 Å². The Balaban J connectivity index is 1.54. The Hall–Kier alpha value is -8.64. The highest BCUT2D eigenvalue weighted by Crippen LogP contribution is 2.26. The van der Waals surface area contributed by atoms with Gasteiger partial charge in [-0.2, -0.15) is 0 Å². The molecule has 1 aliphatic heterocycles. The van der Waals surface area contributed by atoms with E-state index in [2.05, 4.69) is 56.8 Å². The van der Waals surface area contributed by atoms with Crippen molar-refractivity contribution in [2.45, 2.75) is 121 Å². The van der Waals surface area contributed by atoms with E-state index in [0.29, 0.717) is 11.3 Å². The first-order valence-electron chi connectivity index (χ1n) is 25.6. The van der Waals surface area contributed by atoms with Crippen molar-refractivity contribution in [1.82, 2.24) is 46.9 Å². The summed E-state index contributed by atoms with van der Waals surface area (Å²) >= 11 is 0. The molecule has 1 saturated heterocycles. The van der Waals surface area contributed by atoms with Gasteiger partial charge in [0.15, 0.2) is 17.7 Å². The monoisotopic (exact) mass is 1060 g/mol. The lowest BCUT2D eigenvalue weighted by Gasteiger charge is -2.27. The van der Waals surface area contributed by atoms with Crippen LogP contribution in [0.3, 0.4) is 0 Å². The van der Waals surface area contributed by atoms with E-state index in [1.807, 2.05) is 24.3 Å². The molecule has 1 aliphatic rings. The number of imidazole rings is 1. The minimum Gasteiger partial charge on any atom is -0.370 e. The molecule has 25 nitrogen and oxygen atoms in total. The molecule has 7 atom stereocenters. The highest BCUT2D eigenvalue weighted by atomic mass is 16.2. The molecule has 1 fully saturated rings. The van der Waals surface area contributed by atoms with Gasteiger partial charge in [-0.05, 0) is 75.0 Å². The SMILES string of the molecule is CC(=O)N[C@@H](CCCN=C(N)N)C(=O)N[C@H]1CCNC(=O)CCC[C@@H](C(N)=O)NC(=O)[C@H](Cc2c[nH]c3ccccc23)CC(=O)[C@H](CCCN=C(N)N)CC(=O)[C@@H](Cc2ccccc2)NC(=O)[C@H](Cc2cnc[nH]2)NC1=O. The summed E-state index contributed by atoms with van der Waals surface area (Å²) < 4.78 is 0. The van der Waals surface area contributed by atoms with Crippen molar-refractivity contribution in [2.24, 2.45) is 50.5 Å². The fourth-order valence-electron chi connectivity index (χ4n) is 9.05. The number of carbonyl (C=O) groups is 9. The van der Waals surface area contributed by atoms with Crippen LogP contribution in [0.5, 0.6) is 0 Å². The van der Waals surface area contributed by atoms with Crippen molar-refractivity contribution in [1.29, 1.82) is 0 Å². The van der Waals surface area contributed by atoms with Gasteiger partial charge in [0.2, 0.25) is 41.4 Å². The van der Waals surface area contributed by atoms with Crippen LogP contribution in [-0.4, -0.2) is 130 Å². The highest BCUT2D eigenvalue weighted by Gasteiger charge is 2.35. The van der Waals surface area contributed by atoms with Crippen LogP contribution in [-0.2, 0) is 62.4 Å². The number of aliphatic imine (C=N–C) groups is 2. The van der Waals surface area contributed by atoms with E-state index in [9.17, 15) is 43.2 Å². The average Bonchev–Trinajstić information content (AvgIpc) is 4.07. The number of primary amides is 1. The quantitative estimate of drug-likeness (QED) is 0.0316. The van der Waals surface area contributed by atoms with Crippen LogP contribution < -0.4 is 60.6 Å². The Morgan fingerprint density at radius 2 is 1.43 bits per heavy atom. The molecule has 0 radical (unpaired) electrons. The van der Waals surface area contributed by atoms with E-state index >= 15 is 0 Å². The summed E-state index contributed by atoms with van der Waals surface area (Å²) in [7, 11) is 0. The molecule has 18 N–H and O–H groups in total. The minimum absolute atomic E-state index is 0.0305. The molecule has 0 aliphatic carbocycles. The van der Waals surface area contributed by atoms with E-state index < -0.39 is 101 Å². The van der Waals surface area contributed by atoms with E-state index in [1.165, 1.54) is 19.4 Å². The normalized spacial score (nSPS) is 21.1. The number of nitrogens with two attached hydrogens (primary N) is 5. The average molecular weight is 1070 g/mol. The van der Waals surface area contributed by atoms with Gasteiger partial charge in [-0.15, -0.1) is 0 Å². The molecule has 5 rings (SSSR count). The number of guanidine groups is 2. The molecule has 77 heavy (non-hydrogen) atoms. The zero-order valence-electron chi connectivity index (χ0n) is 43.2. The number of fused-ring (bicyclic) bond motifs is 1. The molecule has 0 saturated carbocycles. The number of rotatable bonds is 18. The number of nitrogens with one attached hydrogen (secondary N) is 8. The first-order valence-corrected chi connectivity index (χ1v) is 25.6. The number of ketones is 2. The first-order chi connectivity index (χ1) is 36.9. The molecule has 3 heterocycles. The number of para-hydroxylation sites is 1. The fourth-order valence-corrected chi connectivity index (χ4v) is 9.05. The van der Waals surface area contributed by atoms with Gasteiger partial charge >= 0.3 is 0 Å². The van der Waals surface area contributed by atoms with Gasteiger partial charge in [0, 0.05) is 93.1 Å². The number of hydrogen-bond donors (Lipinski definition) is 13. The van der Waals surface area contributed by atoms with Crippen LogP contribution in [0.1, 0.15) is 88.0 Å². The van der Waals surface area contributed by atoms with Crippen molar-refractivity contribution in [3.05, 3.63) is 90.1 Å². The van der Waals surface area contributed by atoms with Crippen molar-refractivity contribution in [3.8, 4) is 0 Å². The van der Waals surface area contributed by atoms with Crippen molar-refractivity contribution >= 4 is 75.7 Å². The third-order valence-electron chi connectivity index (χ3n) is 13.1. The Morgan fingerprint density at radius 3 is 2.12 bits per heavy atom. The third-order valence-corrected chi connectivity index (χ3v) is 13.1. The number of benzene rings is 2. The Morgan fingerprint density at radius 1 is 0.740 bits per heavy atom. The number of amides is 7. The summed E-state index contributed by atoms with van der Waals surface area (Å²) in [5.41, 5.74) is 30.5. The number of aromatic nitrogens is 3. The second-order valence-corrected chi connectivity index (χ2v) is 19.1. The molecule has 0 bridgehead atoms. The van der Waals surface area contributed by atoms with Gasteiger partial charge in [-0.3, -0.25) is 53.1 Å². The minimum atomic E-state index is -1.42. The predicted molar refractivity (Wildman–Crippen MR) is 286 cm³/mol. The zero-order chi connectivity index (χ0) is 55.9. The molecule has 25 heteroatoms. The van der Waals surface area contributed by atoms with Gasteiger partial charge < -0.3 is 70.5 Å². The second-order valence-electron chi connectivity index (χ2n) is 19.1. The molecule has 2 aromatic carbocycles. The summed E-state index contributed by atoms with van der Waals surface area (Å²) in [6.07, 6.45) is 4.00. The number of H-pyrrole nitrogens is 2. The van der Waals surface area contributed by atoms with Gasteiger partial charge in [-0.1, -0.05) is 48.5 Å². The molecule has 7 amide bonds. The number of Topliss-reactive ketones (excluding diaryl/α,β-unsaturated/α-hetero) is 2. The van der Waals surface area contributed by atoms with Crippen LogP contribution in [0.4, 0.5) is 0 Å². The smallest absolute Gasteiger partial charge is 0.243 e. The summed E-state index contributed by atoms with van der Waals surface area (Å²) in [5.74, 6) is -8.41. The van der Waals surface area contributed by atoms with Gasteiger partial charge in [-0.25, -0.2) is 4.98 Å². The summed E-state index contributed by atoms with van der Waals surface area (Å²) in [6, 6.07) is 9.75. The fraction of sp³-hybridized carbons (Fsp3) is 0.462. The largest absolute Gasteiger partial charge is 0.370 e. The van der Waals surface area contributed by atoms with Crippen LogP contribution in [0.2, 0.25) is 0 Å². The maximum absolute atomic E-state index is 14.9. The molecule has 2 aromatic heterocycles. The Kier molecular flexibility index (Phi) is 23.1. The maximum atomic E-state index is 14.9. The van der Waals surface area contributed by atoms with Crippen LogP contribution in [0, 0.1) is 11.8 Å². The van der Waals surface area contributed by atoms with Crippen molar-refractivity contribution in [2.75, 3.05) is 19.6 Å². The molecule has 414 valence electrons. The van der Waals surface area contributed by atoms with E-state index in [-0.39, 0.29) is 109 Å². The van der Waals surface area contributed by atoms with Crippen molar-refractivity contribution in [3.63, 3.8) is 0 Å². The van der Waals surface area contributed by atoms with Crippen LogP contribution in [0.25, 0.3) is 10.9 Å². The second kappa shape index (κ2) is 30.0. The molecule has 0 unspecified atom stereocenters. The topological polar surface area (TPSA) is 425 Å². The summed E-state index contributed by atoms with van der Waals surface area (Å²) in [6.45, 7) is 1.29. The number of hydrogen-bond acceptors (Lipinski definition) is 12. The highest BCUT2D eigenvalue weighted by molar-refractivity contribution is 5.98. The summed E-state index contributed by atoms with van der Waals surface area (Å²) in [4.78, 5) is 144. The predicted octanol–water partition coefficient (Wildman–Crippen LogP) is -1.20.